The summed E-state index contributed by atoms with van der Waals surface area (Å²) in [5.74, 6) is -0.158. The Morgan fingerprint density at radius 1 is 1.26 bits per heavy atom. The third-order valence-electron chi connectivity index (χ3n) is 7.06. The SMILES string of the molecule is Cn1nc(Br)c(C2(O)CC3CC(c4nn(C)c(N)c4C(=O)Nc4ccc(F)c(Cl)c4)CC3C2)n1. The van der Waals surface area contributed by atoms with Gasteiger partial charge in [0.25, 0.3) is 5.91 Å². The lowest BCUT2D eigenvalue weighted by molar-refractivity contribution is 0.0288. The third kappa shape index (κ3) is 3.89. The van der Waals surface area contributed by atoms with Crippen LogP contribution in [0.25, 0.3) is 0 Å². The Balaban J connectivity index is 1.36. The highest BCUT2D eigenvalue weighted by atomic mass is 79.9. The molecule has 2 atom stereocenters. The van der Waals surface area contributed by atoms with Crippen LogP contribution in [0.15, 0.2) is 22.8 Å². The average molecular weight is 553 g/mol. The maximum absolute atomic E-state index is 13.5. The molecule has 2 unspecified atom stereocenters. The Hall–Kier alpha value is -2.50. The van der Waals surface area contributed by atoms with Crippen molar-refractivity contribution >= 4 is 44.9 Å². The molecule has 4 N–H and O–H groups in total. The third-order valence-corrected chi connectivity index (χ3v) is 7.89. The first-order valence-corrected chi connectivity index (χ1v) is 12.1. The first-order chi connectivity index (χ1) is 16.1. The molecule has 0 spiro atoms. The Morgan fingerprint density at radius 2 is 1.94 bits per heavy atom. The van der Waals surface area contributed by atoms with E-state index < -0.39 is 17.3 Å². The molecule has 0 bridgehead atoms. The lowest BCUT2D eigenvalue weighted by Crippen LogP contribution is -2.24. The molecule has 2 fully saturated rings. The number of hydrogen-bond acceptors (Lipinski definition) is 6. The number of aryl methyl sites for hydroxylation is 2. The van der Waals surface area contributed by atoms with E-state index in [4.69, 9.17) is 17.3 Å². The van der Waals surface area contributed by atoms with E-state index in [1.165, 1.54) is 27.7 Å². The van der Waals surface area contributed by atoms with Gasteiger partial charge in [-0.25, -0.2) is 4.39 Å². The van der Waals surface area contributed by atoms with E-state index in [1.807, 2.05) is 0 Å². The van der Waals surface area contributed by atoms with Crippen LogP contribution in [0.3, 0.4) is 0 Å². The van der Waals surface area contributed by atoms with Gasteiger partial charge in [-0.15, -0.1) is 5.10 Å². The highest BCUT2D eigenvalue weighted by molar-refractivity contribution is 9.10. The number of benzene rings is 1. The molecule has 9 nitrogen and oxygen atoms in total. The lowest BCUT2D eigenvalue weighted by Gasteiger charge is -2.22. The Bertz CT molecular complexity index is 1280. The first kappa shape index (κ1) is 23.3. The predicted molar refractivity (Wildman–Crippen MR) is 128 cm³/mol. The molecular weight excluding hydrogens is 529 g/mol. The van der Waals surface area contributed by atoms with Gasteiger partial charge >= 0.3 is 0 Å². The zero-order valence-corrected chi connectivity index (χ0v) is 20.9. The quantitative estimate of drug-likeness (QED) is 0.453. The second-order valence-corrected chi connectivity index (χ2v) is 10.5. The molecule has 12 heteroatoms. The molecule has 0 aliphatic heterocycles. The van der Waals surface area contributed by atoms with Gasteiger partial charge in [0.05, 0.1) is 10.7 Å². The Kier molecular flexibility index (Phi) is 5.69. The molecule has 5 rings (SSSR count). The van der Waals surface area contributed by atoms with Crippen LogP contribution in [0, 0.1) is 17.7 Å². The summed E-state index contributed by atoms with van der Waals surface area (Å²) >= 11 is 9.25. The second-order valence-electron chi connectivity index (χ2n) is 9.31. The summed E-state index contributed by atoms with van der Waals surface area (Å²) in [6.45, 7) is 0. The number of nitrogens with zero attached hydrogens (tertiary/aromatic N) is 5. The summed E-state index contributed by atoms with van der Waals surface area (Å²) in [4.78, 5) is 14.6. The molecule has 3 aromatic rings. The number of rotatable bonds is 4. The minimum atomic E-state index is -1.03. The van der Waals surface area contributed by atoms with Crippen molar-refractivity contribution in [2.45, 2.75) is 37.2 Å². The summed E-state index contributed by atoms with van der Waals surface area (Å²) in [6.07, 6.45) is 2.71. The van der Waals surface area contributed by atoms with Gasteiger partial charge in [0.2, 0.25) is 0 Å². The van der Waals surface area contributed by atoms with Crippen LogP contribution in [0.5, 0.6) is 0 Å². The number of fused-ring (bicyclic) bond motifs is 1. The van der Waals surface area contributed by atoms with Gasteiger partial charge in [-0.05, 0) is 71.6 Å². The number of aromatic nitrogens is 5. The van der Waals surface area contributed by atoms with E-state index in [9.17, 15) is 14.3 Å². The van der Waals surface area contributed by atoms with E-state index in [2.05, 4.69) is 36.5 Å². The number of aliphatic hydroxyl groups is 1. The molecule has 180 valence electrons. The molecule has 1 aromatic carbocycles. The molecule has 34 heavy (non-hydrogen) atoms. The van der Waals surface area contributed by atoms with Crippen LogP contribution in [0.1, 0.15) is 53.3 Å². The minimum absolute atomic E-state index is 0.0332. The monoisotopic (exact) mass is 551 g/mol. The fraction of sp³-hybridized carbons (Fsp3) is 0.455. The van der Waals surface area contributed by atoms with Crippen molar-refractivity contribution in [3.63, 3.8) is 0 Å². The number of hydrogen-bond donors (Lipinski definition) is 3. The highest BCUT2D eigenvalue weighted by Gasteiger charge is 2.52. The molecule has 0 radical (unpaired) electrons. The van der Waals surface area contributed by atoms with Crippen molar-refractivity contribution in [1.82, 2.24) is 24.8 Å². The topological polar surface area (TPSA) is 124 Å². The van der Waals surface area contributed by atoms with Crippen LogP contribution < -0.4 is 11.1 Å². The normalized spacial score (nSPS) is 26.1. The molecule has 2 saturated carbocycles. The zero-order chi connectivity index (χ0) is 24.4. The van der Waals surface area contributed by atoms with Crippen molar-refractivity contribution in [3.8, 4) is 0 Å². The summed E-state index contributed by atoms with van der Waals surface area (Å²) in [5.41, 5.74) is 7.10. The molecule has 2 heterocycles. The number of nitrogens with one attached hydrogen (secondary N) is 1. The number of anilines is 2. The van der Waals surface area contributed by atoms with Gasteiger partial charge in [-0.3, -0.25) is 9.48 Å². The number of halogens is 3. The van der Waals surface area contributed by atoms with Crippen molar-refractivity contribution in [2.75, 3.05) is 11.1 Å². The maximum atomic E-state index is 13.5. The predicted octanol–water partition coefficient (Wildman–Crippen LogP) is 3.73. The summed E-state index contributed by atoms with van der Waals surface area (Å²) < 4.78 is 15.6. The summed E-state index contributed by atoms with van der Waals surface area (Å²) in [6, 6.07) is 3.99. The van der Waals surface area contributed by atoms with Gasteiger partial charge in [-0.2, -0.15) is 15.0 Å². The van der Waals surface area contributed by atoms with Crippen molar-refractivity contribution in [2.24, 2.45) is 25.9 Å². The van der Waals surface area contributed by atoms with E-state index in [1.54, 1.807) is 14.1 Å². The number of carbonyl (C=O) groups is 1. The number of amides is 1. The van der Waals surface area contributed by atoms with Gasteiger partial charge in [0.1, 0.15) is 28.5 Å². The first-order valence-electron chi connectivity index (χ1n) is 10.9. The number of carbonyl (C=O) groups excluding carboxylic acids is 1. The van der Waals surface area contributed by atoms with Gasteiger partial charge in [0.15, 0.2) is 4.60 Å². The largest absolute Gasteiger partial charge is 0.383 e. The van der Waals surface area contributed by atoms with E-state index in [0.717, 1.165) is 12.8 Å². The molecular formula is C22H24BrClFN7O2. The van der Waals surface area contributed by atoms with E-state index >= 15 is 0 Å². The van der Waals surface area contributed by atoms with Gasteiger partial charge in [-0.1, -0.05) is 11.6 Å². The molecule has 2 aliphatic rings. The average Bonchev–Trinajstić information content (AvgIpc) is 3.47. The number of nitrogen functional groups attached to an aromatic ring is 1. The Labute approximate surface area is 208 Å². The van der Waals surface area contributed by atoms with Crippen LogP contribution in [-0.4, -0.2) is 35.8 Å². The maximum Gasteiger partial charge on any atom is 0.261 e. The van der Waals surface area contributed by atoms with Crippen LogP contribution in [0.2, 0.25) is 5.02 Å². The van der Waals surface area contributed by atoms with Gasteiger partial charge < -0.3 is 16.2 Å². The highest BCUT2D eigenvalue weighted by Crippen LogP contribution is 2.57. The molecule has 2 aliphatic carbocycles. The fourth-order valence-corrected chi connectivity index (χ4v) is 6.45. The standard InChI is InChI=1S/C22H24BrClFN7O2/c1-31-20(26)16(21(33)27-13-3-4-15(25)14(24)7-13)17(28-31)10-5-11-8-22(34,9-12(11)6-10)18-19(23)30-32(2)29-18/h3-4,7,10-12,34H,5-6,8-9,26H2,1-2H3,(H,27,33). The lowest BCUT2D eigenvalue weighted by atomic mass is 9.90. The van der Waals surface area contributed by atoms with E-state index in [0.29, 0.717) is 40.1 Å². The van der Waals surface area contributed by atoms with Gasteiger partial charge in [0, 0.05) is 25.7 Å². The molecule has 0 saturated heterocycles. The molecule has 2 aromatic heterocycles. The fourth-order valence-electron chi connectivity index (χ4n) is 5.59. The van der Waals surface area contributed by atoms with Crippen molar-refractivity contribution < 1.29 is 14.3 Å². The van der Waals surface area contributed by atoms with Crippen LogP contribution in [0.4, 0.5) is 15.9 Å². The van der Waals surface area contributed by atoms with Crippen molar-refractivity contribution in [1.29, 1.82) is 0 Å². The second kappa shape index (κ2) is 8.31. The zero-order valence-electron chi connectivity index (χ0n) is 18.6. The van der Waals surface area contributed by atoms with Crippen LogP contribution >= 0.6 is 27.5 Å². The summed E-state index contributed by atoms with van der Waals surface area (Å²) in [5, 5.41) is 27.1. The smallest absolute Gasteiger partial charge is 0.261 e. The van der Waals surface area contributed by atoms with Crippen molar-refractivity contribution in [3.05, 3.63) is 50.6 Å². The summed E-state index contributed by atoms with van der Waals surface area (Å²) in [7, 11) is 3.42. The van der Waals surface area contributed by atoms with E-state index in [-0.39, 0.29) is 28.6 Å². The molecule has 1 amide bonds. The van der Waals surface area contributed by atoms with Crippen LogP contribution in [-0.2, 0) is 19.7 Å². The Morgan fingerprint density at radius 3 is 2.53 bits per heavy atom. The number of nitrogens with two attached hydrogens (primary N) is 1. The minimum Gasteiger partial charge on any atom is -0.383 e.